The van der Waals surface area contributed by atoms with Crippen LogP contribution in [0.4, 0.5) is 0 Å². The van der Waals surface area contributed by atoms with Crippen molar-refractivity contribution in [3.63, 3.8) is 0 Å². The van der Waals surface area contributed by atoms with Crippen LogP contribution in [0.1, 0.15) is 11.1 Å². The number of phenols is 1. The van der Waals surface area contributed by atoms with Gasteiger partial charge in [-0.05, 0) is 47.0 Å². The van der Waals surface area contributed by atoms with Crippen molar-refractivity contribution >= 4 is 31.9 Å². The highest BCUT2D eigenvalue weighted by molar-refractivity contribution is 9.11. The van der Waals surface area contributed by atoms with Crippen molar-refractivity contribution in [3.05, 3.63) is 26.1 Å². The molecule has 0 atom stereocenters. The van der Waals surface area contributed by atoms with Crippen molar-refractivity contribution in [2.75, 3.05) is 0 Å². The molecule has 0 aliphatic rings. The Hall–Kier alpha value is -0.0200. The Kier molecular flexibility index (Phi) is 2.60. The maximum atomic E-state index is 9.44. The molecule has 1 rings (SSSR count). The number of aromatic hydroxyl groups is 1. The summed E-state index contributed by atoms with van der Waals surface area (Å²) in [6, 6.07) is 1.84. The van der Waals surface area contributed by atoms with Gasteiger partial charge >= 0.3 is 0 Å². The Labute approximate surface area is 82.7 Å². The van der Waals surface area contributed by atoms with Crippen molar-refractivity contribution in [2.24, 2.45) is 0 Å². The summed E-state index contributed by atoms with van der Waals surface area (Å²) in [5.74, 6) is 0.325. The number of hydrogen-bond donors (Lipinski definition) is 1. The quantitative estimate of drug-likeness (QED) is 0.771. The van der Waals surface area contributed by atoms with E-state index in [1.54, 1.807) is 0 Å². The van der Waals surface area contributed by atoms with Gasteiger partial charge in [-0.2, -0.15) is 0 Å². The first kappa shape index (κ1) is 9.07. The molecule has 0 saturated carbocycles. The van der Waals surface area contributed by atoms with E-state index < -0.39 is 0 Å². The van der Waals surface area contributed by atoms with Crippen LogP contribution in [0.2, 0.25) is 0 Å². The molecule has 60 valence electrons. The van der Waals surface area contributed by atoms with E-state index in [1.165, 1.54) is 0 Å². The van der Waals surface area contributed by atoms with Crippen LogP contribution >= 0.6 is 31.9 Å². The minimum absolute atomic E-state index is 0.325. The van der Waals surface area contributed by atoms with E-state index >= 15 is 0 Å². The molecule has 3 heteroatoms. The van der Waals surface area contributed by atoms with E-state index in [0.717, 1.165) is 20.1 Å². The van der Waals surface area contributed by atoms with E-state index in [9.17, 15) is 5.11 Å². The monoisotopic (exact) mass is 279 g/mol. The Morgan fingerprint density at radius 1 is 1.09 bits per heavy atom. The summed E-state index contributed by atoms with van der Waals surface area (Å²) in [6.07, 6.45) is 0. The largest absolute Gasteiger partial charge is 0.506 e. The molecule has 0 aliphatic heterocycles. The second-order valence-corrected chi connectivity index (χ2v) is 4.15. The summed E-state index contributed by atoms with van der Waals surface area (Å²) >= 11 is 6.64. The van der Waals surface area contributed by atoms with Gasteiger partial charge in [0.1, 0.15) is 5.75 Å². The maximum Gasteiger partial charge on any atom is 0.133 e. The van der Waals surface area contributed by atoms with Gasteiger partial charge in [0, 0.05) is 4.47 Å². The van der Waals surface area contributed by atoms with Crippen LogP contribution in [0.3, 0.4) is 0 Å². The molecule has 0 aliphatic carbocycles. The molecule has 0 bridgehead atoms. The average Bonchev–Trinajstić information content (AvgIpc) is 1.97. The molecule has 1 nitrogen and oxygen atoms in total. The highest BCUT2D eigenvalue weighted by atomic mass is 79.9. The van der Waals surface area contributed by atoms with Gasteiger partial charge in [0.2, 0.25) is 0 Å². The van der Waals surface area contributed by atoms with Crippen LogP contribution in [-0.4, -0.2) is 5.11 Å². The Morgan fingerprint density at radius 3 is 2.18 bits per heavy atom. The van der Waals surface area contributed by atoms with Gasteiger partial charge in [0.25, 0.3) is 0 Å². The third-order valence-electron chi connectivity index (χ3n) is 1.76. The lowest BCUT2D eigenvalue weighted by Crippen LogP contribution is -1.84. The lowest BCUT2D eigenvalue weighted by atomic mass is 10.2. The lowest BCUT2D eigenvalue weighted by Gasteiger charge is -2.06. The minimum atomic E-state index is 0.325. The molecule has 1 aromatic rings. The normalized spacial score (nSPS) is 10.2. The SMILES string of the molecule is Cc1c(O)c(Br)c[13c](Br)c1C. The molecule has 0 fully saturated rings. The molecular weight excluding hydrogens is 273 g/mol. The predicted octanol–water partition coefficient (Wildman–Crippen LogP) is 3.53. The van der Waals surface area contributed by atoms with E-state index in [2.05, 4.69) is 31.9 Å². The fraction of sp³-hybridized carbons (Fsp3) is 0.250. The van der Waals surface area contributed by atoms with Crippen LogP contribution in [0, 0.1) is 13.8 Å². The van der Waals surface area contributed by atoms with E-state index in [0.29, 0.717) is 5.75 Å². The highest BCUT2D eigenvalue weighted by Gasteiger charge is 2.07. The smallest absolute Gasteiger partial charge is 0.133 e. The molecule has 0 amide bonds. The first-order valence-corrected chi connectivity index (χ1v) is 4.76. The van der Waals surface area contributed by atoms with Crippen molar-refractivity contribution < 1.29 is 5.11 Å². The van der Waals surface area contributed by atoms with Gasteiger partial charge in [-0.1, -0.05) is 15.9 Å². The Morgan fingerprint density at radius 2 is 1.64 bits per heavy atom. The molecule has 1 aromatic carbocycles. The molecule has 1 N–H and O–H groups in total. The van der Waals surface area contributed by atoms with E-state index in [4.69, 9.17) is 0 Å². The van der Waals surface area contributed by atoms with Crippen LogP contribution in [0.5, 0.6) is 5.75 Å². The minimum Gasteiger partial charge on any atom is -0.506 e. The van der Waals surface area contributed by atoms with Crippen LogP contribution in [0.15, 0.2) is 15.0 Å². The van der Waals surface area contributed by atoms with Crippen LogP contribution < -0.4 is 0 Å². The number of halogens is 2. The summed E-state index contributed by atoms with van der Waals surface area (Å²) in [4.78, 5) is 0. The maximum absolute atomic E-state index is 9.44. The van der Waals surface area contributed by atoms with Crippen molar-refractivity contribution in [1.82, 2.24) is 0 Å². The number of hydrogen-bond acceptors (Lipinski definition) is 1. The Bertz CT molecular complexity index is 268. The molecule has 11 heavy (non-hydrogen) atoms. The highest BCUT2D eigenvalue weighted by Crippen LogP contribution is 2.34. The molecule has 0 saturated heterocycles. The molecule has 0 unspecified atom stereocenters. The second kappa shape index (κ2) is 3.15. The molecule has 0 spiro atoms. The topological polar surface area (TPSA) is 20.2 Å². The summed E-state index contributed by atoms with van der Waals surface area (Å²) in [6.45, 7) is 3.85. The first-order chi connectivity index (χ1) is 5.04. The Balaban J connectivity index is 3.46. The summed E-state index contributed by atoms with van der Waals surface area (Å²) in [5, 5.41) is 9.44. The van der Waals surface area contributed by atoms with Crippen LogP contribution in [0.25, 0.3) is 0 Å². The molecular formula is C8H8Br2O. The molecule has 0 aromatic heterocycles. The van der Waals surface area contributed by atoms with Crippen molar-refractivity contribution in [1.29, 1.82) is 0 Å². The van der Waals surface area contributed by atoms with Crippen LogP contribution in [-0.2, 0) is 0 Å². The van der Waals surface area contributed by atoms with Gasteiger partial charge in [-0.15, -0.1) is 0 Å². The van der Waals surface area contributed by atoms with E-state index in [-0.39, 0.29) is 0 Å². The van der Waals surface area contributed by atoms with Crippen molar-refractivity contribution in [2.45, 2.75) is 13.8 Å². The van der Waals surface area contributed by atoms with Gasteiger partial charge in [-0.25, -0.2) is 0 Å². The number of rotatable bonds is 0. The zero-order valence-electron chi connectivity index (χ0n) is 6.28. The van der Waals surface area contributed by atoms with Gasteiger partial charge < -0.3 is 5.11 Å². The molecule has 0 heterocycles. The first-order valence-electron chi connectivity index (χ1n) is 3.18. The molecule has 0 radical (unpaired) electrons. The van der Waals surface area contributed by atoms with Gasteiger partial charge in [0.05, 0.1) is 4.47 Å². The summed E-state index contributed by atoms with van der Waals surface area (Å²) in [5.41, 5.74) is 1.98. The zero-order valence-corrected chi connectivity index (χ0v) is 9.45. The second-order valence-electron chi connectivity index (χ2n) is 2.44. The summed E-state index contributed by atoms with van der Waals surface area (Å²) in [7, 11) is 0. The predicted molar refractivity (Wildman–Crippen MR) is 53.0 cm³/mol. The zero-order chi connectivity index (χ0) is 8.59. The standard InChI is InChI=1S/C8H8Br2O/c1-4-5(2)8(11)7(10)3-6(4)9/h3,11H,1-2H3/i6+1. The fourth-order valence-electron chi connectivity index (χ4n) is 0.824. The van der Waals surface area contributed by atoms with Gasteiger partial charge in [0.15, 0.2) is 0 Å². The number of benzene rings is 1. The van der Waals surface area contributed by atoms with E-state index in [1.807, 2.05) is 19.9 Å². The van der Waals surface area contributed by atoms with Crippen molar-refractivity contribution in [3.8, 4) is 5.75 Å². The fourth-order valence-corrected chi connectivity index (χ4v) is 2.18. The number of phenolic OH excluding ortho intramolecular Hbond substituents is 1. The lowest BCUT2D eigenvalue weighted by molar-refractivity contribution is 0.467. The third kappa shape index (κ3) is 1.59. The van der Waals surface area contributed by atoms with Gasteiger partial charge in [-0.3, -0.25) is 0 Å². The summed E-state index contributed by atoms with van der Waals surface area (Å²) < 4.78 is 1.74. The average molecular weight is 281 g/mol. The third-order valence-corrected chi connectivity index (χ3v) is 3.18.